The first-order chi connectivity index (χ1) is 10.3. The van der Waals surface area contributed by atoms with Gasteiger partial charge in [-0.05, 0) is 41.7 Å². The van der Waals surface area contributed by atoms with Crippen LogP contribution < -0.4 is 5.32 Å². The molecule has 0 radical (unpaired) electrons. The molecule has 0 aliphatic carbocycles. The van der Waals surface area contributed by atoms with Crippen LogP contribution in [0.15, 0.2) is 48.5 Å². The monoisotopic (exact) mass is 319 g/mol. The van der Waals surface area contributed by atoms with Gasteiger partial charge in [0.1, 0.15) is 0 Å². The van der Waals surface area contributed by atoms with Crippen LogP contribution in [-0.4, -0.2) is 9.79 Å². The molecular weight excluding hydrogens is 297 g/mol. The molecule has 0 spiro atoms. The molecule has 0 aliphatic rings. The lowest BCUT2D eigenvalue weighted by Gasteiger charge is -2.22. The molecule has 0 aromatic heterocycles. The molecule has 0 saturated carbocycles. The second-order valence-electron chi connectivity index (χ2n) is 5.83. The predicted octanol–water partition coefficient (Wildman–Crippen LogP) is 4.41. The predicted molar refractivity (Wildman–Crippen MR) is 90.1 cm³/mol. The summed E-state index contributed by atoms with van der Waals surface area (Å²) in [5, 5.41) is 2.96. The number of benzene rings is 2. The first-order valence-corrected chi connectivity index (χ1v) is 8.94. The molecule has 2 aromatic carbocycles. The molecular formula is C17H22NO3P. The average Bonchev–Trinajstić information content (AvgIpc) is 2.44. The maximum Gasteiger partial charge on any atom is 0.352 e. The summed E-state index contributed by atoms with van der Waals surface area (Å²) in [6, 6.07) is 14.9. The number of nitrogens with one attached hydrogen (secondary N) is 1. The van der Waals surface area contributed by atoms with Gasteiger partial charge in [0.15, 0.2) is 5.78 Å². The van der Waals surface area contributed by atoms with E-state index < -0.39 is 13.4 Å². The lowest BCUT2D eigenvalue weighted by Crippen LogP contribution is -2.11. The summed E-state index contributed by atoms with van der Waals surface area (Å²) in [4.78, 5) is 19.4. The third kappa shape index (κ3) is 4.20. The van der Waals surface area contributed by atoms with Crippen molar-refractivity contribution >= 4 is 13.3 Å². The van der Waals surface area contributed by atoms with E-state index in [4.69, 9.17) is 0 Å². The van der Waals surface area contributed by atoms with Crippen LogP contribution >= 0.6 is 7.60 Å². The zero-order valence-corrected chi connectivity index (χ0v) is 13.9. The number of hydrogen-bond donors (Lipinski definition) is 3. The minimum atomic E-state index is -4.33. The summed E-state index contributed by atoms with van der Waals surface area (Å²) >= 11 is 0. The Balaban J connectivity index is 2.32. The molecule has 0 saturated heterocycles. The molecule has 2 aromatic rings. The van der Waals surface area contributed by atoms with Crippen molar-refractivity contribution in [2.75, 3.05) is 5.32 Å². The molecule has 4 nitrogen and oxygen atoms in total. The van der Waals surface area contributed by atoms with Gasteiger partial charge in [0.2, 0.25) is 0 Å². The fourth-order valence-electron chi connectivity index (χ4n) is 2.32. The molecule has 0 fully saturated rings. The standard InChI is InChI=1S/C17H22NO3P/c1-12(2)14-7-9-15(10-8-14)17(22(19,20)21)18-16-6-4-5-13(3)11-16/h4-12,17-18H,1-3H3,(H2,19,20,21). The smallest absolute Gasteiger partial charge is 0.352 e. The SMILES string of the molecule is Cc1cccc(NC(c2ccc(C(C)C)cc2)P(=O)(O)O)c1. The van der Waals surface area contributed by atoms with Crippen molar-refractivity contribution in [3.05, 3.63) is 65.2 Å². The van der Waals surface area contributed by atoms with Crippen LogP contribution in [0.3, 0.4) is 0 Å². The van der Waals surface area contributed by atoms with Gasteiger partial charge in [0.25, 0.3) is 0 Å². The summed E-state index contributed by atoms with van der Waals surface area (Å²) in [5.74, 6) is -0.664. The Bertz CT molecular complexity index is 677. The maximum absolute atomic E-state index is 11.9. The Morgan fingerprint density at radius 1 is 1.00 bits per heavy atom. The highest BCUT2D eigenvalue weighted by Crippen LogP contribution is 2.51. The molecule has 3 N–H and O–H groups in total. The molecule has 2 rings (SSSR count). The quantitative estimate of drug-likeness (QED) is 0.714. The summed E-state index contributed by atoms with van der Waals surface area (Å²) in [6.07, 6.45) is 0. The molecule has 5 heteroatoms. The minimum absolute atomic E-state index is 0.382. The number of aryl methyl sites for hydroxylation is 1. The zero-order chi connectivity index (χ0) is 16.3. The molecule has 0 amide bonds. The Labute approximate surface area is 131 Å². The van der Waals surface area contributed by atoms with Crippen molar-refractivity contribution in [3.8, 4) is 0 Å². The third-order valence-corrected chi connectivity index (χ3v) is 4.68. The molecule has 1 atom stereocenters. The molecule has 22 heavy (non-hydrogen) atoms. The van der Waals surface area contributed by atoms with E-state index in [1.165, 1.54) is 0 Å². The van der Waals surface area contributed by atoms with Gasteiger partial charge in [-0.15, -0.1) is 0 Å². The molecule has 118 valence electrons. The Morgan fingerprint density at radius 2 is 1.59 bits per heavy atom. The van der Waals surface area contributed by atoms with Crippen LogP contribution in [0.2, 0.25) is 0 Å². The summed E-state index contributed by atoms with van der Waals surface area (Å²) in [5.41, 5.74) is 3.45. The van der Waals surface area contributed by atoms with E-state index in [0.29, 0.717) is 17.2 Å². The normalized spacial score (nSPS) is 13.2. The van der Waals surface area contributed by atoms with Crippen molar-refractivity contribution in [1.29, 1.82) is 0 Å². The van der Waals surface area contributed by atoms with Gasteiger partial charge < -0.3 is 15.1 Å². The minimum Gasteiger partial charge on any atom is -0.368 e. The van der Waals surface area contributed by atoms with E-state index >= 15 is 0 Å². The van der Waals surface area contributed by atoms with E-state index in [-0.39, 0.29) is 0 Å². The van der Waals surface area contributed by atoms with E-state index in [1.54, 1.807) is 18.2 Å². The molecule has 0 heterocycles. The van der Waals surface area contributed by atoms with E-state index in [1.807, 2.05) is 37.3 Å². The largest absolute Gasteiger partial charge is 0.368 e. The van der Waals surface area contributed by atoms with Crippen LogP contribution in [0.4, 0.5) is 5.69 Å². The van der Waals surface area contributed by atoms with Crippen molar-refractivity contribution in [3.63, 3.8) is 0 Å². The van der Waals surface area contributed by atoms with Crippen LogP contribution in [0, 0.1) is 6.92 Å². The van der Waals surface area contributed by atoms with Crippen molar-refractivity contribution in [1.82, 2.24) is 0 Å². The number of rotatable bonds is 5. The topological polar surface area (TPSA) is 69.6 Å². The van der Waals surface area contributed by atoms with Gasteiger partial charge in [-0.2, -0.15) is 0 Å². The number of anilines is 1. The Morgan fingerprint density at radius 3 is 2.09 bits per heavy atom. The Kier molecular flexibility index (Phi) is 5.07. The van der Waals surface area contributed by atoms with Crippen molar-refractivity contribution < 1.29 is 14.4 Å². The molecule has 0 aliphatic heterocycles. The summed E-state index contributed by atoms with van der Waals surface area (Å²) < 4.78 is 11.9. The van der Waals surface area contributed by atoms with Gasteiger partial charge >= 0.3 is 7.60 Å². The van der Waals surface area contributed by atoms with Gasteiger partial charge in [0.05, 0.1) is 0 Å². The Hall–Kier alpha value is -1.61. The van der Waals surface area contributed by atoms with Gasteiger partial charge in [-0.25, -0.2) is 0 Å². The van der Waals surface area contributed by atoms with Crippen LogP contribution in [0.1, 0.15) is 42.2 Å². The second-order valence-corrected chi connectivity index (χ2v) is 7.52. The molecule has 1 unspecified atom stereocenters. The highest BCUT2D eigenvalue weighted by atomic mass is 31.2. The van der Waals surface area contributed by atoms with Crippen LogP contribution in [0.5, 0.6) is 0 Å². The fraction of sp³-hybridized carbons (Fsp3) is 0.294. The highest BCUT2D eigenvalue weighted by molar-refractivity contribution is 7.52. The van der Waals surface area contributed by atoms with Crippen molar-refractivity contribution in [2.24, 2.45) is 0 Å². The van der Waals surface area contributed by atoms with E-state index in [2.05, 4.69) is 19.2 Å². The van der Waals surface area contributed by atoms with Gasteiger partial charge in [-0.3, -0.25) is 4.57 Å². The lowest BCUT2D eigenvalue weighted by atomic mass is 10.0. The first-order valence-electron chi connectivity index (χ1n) is 7.25. The maximum atomic E-state index is 11.9. The lowest BCUT2D eigenvalue weighted by molar-refractivity contribution is 0.363. The fourth-order valence-corrected chi connectivity index (χ4v) is 3.20. The third-order valence-electron chi connectivity index (χ3n) is 3.58. The van der Waals surface area contributed by atoms with E-state index in [0.717, 1.165) is 11.1 Å². The van der Waals surface area contributed by atoms with Crippen LogP contribution in [0.25, 0.3) is 0 Å². The first kappa shape index (κ1) is 16.8. The highest BCUT2D eigenvalue weighted by Gasteiger charge is 2.30. The molecule has 0 bridgehead atoms. The van der Waals surface area contributed by atoms with Gasteiger partial charge in [-0.1, -0.05) is 50.2 Å². The van der Waals surface area contributed by atoms with Crippen LogP contribution in [-0.2, 0) is 4.57 Å². The zero-order valence-electron chi connectivity index (χ0n) is 13.0. The average molecular weight is 319 g/mol. The second kappa shape index (κ2) is 6.66. The van der Waals surface area contributed by atoms with Crippen molar-refractivity contribution in [2.45, 2.75) is 32.5 Å². The number of hydrogen-bond acceptors (Lipinski definition) is 2. The van der Waals surface area contributed by atoms with E-state index in [9.17, 15) is 14.4 Å². The van der Waals surface area contributed by atoms with Gasteiger partial charge in [0, 0.05) is 5.69 Å². The summed E-state index contributed by atoms with van der Waals surface area (Å²) in [6.45, 7) is 6.11. The summed E-state index contributed by atoms with van der Waals surface area (Å²) in [7, 11) is -4.33.